The largest absolute Gasteiger partial charge is 0.415 e. The number of ketones is 1. The fourth-order valence-electron chi connectivity index (χ4n) is 4.41. The predicted molar refractivity (Wildman–Crippen MR) is 122 cm³/mol. The van der Waals surface area contributed by atoms with Crippen molar-refractivity contribution < 1.29 is 14.3 Å². The number of aliphatic hydroxyl groups excluding tert-OH is 1. The zero-order valence-corrected chi connectivity index (χ0v) is 20.0. The number of benzene rings is 1. The Balaban J connectivity index is 2.76. The molecule has 0 aliphatic rings. The molecule has 0 unspecified atom stereocenters. The van der Waals surface area contributed by atoms with E-state index in [1.165, 1.54) is 0 Å². The Morgan fingerprint density at radius 3 is 1.93 bits per heavy atom. The minimum absolute atomic E-state index is 0.0596. The van der Waals surface area contributed by atoms with Gasteiger partial charge in [0.15, 0.2) is 8.32 Å². The zero-order chi connectivity index (χ0) is 21.5. The van der Waals surface area contributed by atoms with Crippen LogP contribution < -0.4 is 0 Å². The van der Waals surface area contributed by atoms with E-state index < -0.39 is 20.3 Å². The maximum Gasteiger partial charge on any atom is 0.200 e. The molecule has 0 amide bonds. The normalized spacial score (nSPS) is 16.1. The second kappa shape index (κ2) is 11.1. The van der Waals surface area contributed by atoms with Gasteiger partial charge in [-0.05, 0) is 22.2 Å². The molecule has 0 aliphatic heterocycles. The van der Waals surface area contributed by atoms with Crippen molar-refractivity contribution in [1.82, 2.24) is 0 Å². The average molecular weight is 405 g/mol. The molecule has 3 nitrogen and oxygen atoms in total. The first-order chi connectivity index (χ1) is 13.0. The van der Waals surface area contributed by atoms with E-state index in [1.54, 1.807) is 13.0 Å². The van der Waals surface area contributed by atoms with Gasteiger partial charge < -0.3 is 9.53 Å². The van der Waals surface area contributed by atoms with Crippen LogP contribution in [-0.2, 0) is 9.22 Å². The Labute approximate surface area is 173 Å². The lowest BCUT2D eigenvalue weighted by Gasteiger charge is -2.42. The Hall–Kier alpha value is -1.23. The summed E-state index contributed by atoms with van der Waals surface area (Å²) >= 11 is 0. The highest BCUT2D eigenvalue weighted by Gasteiger charge is 2.45. The van der Waals surface area contributed by atoms with Crippen molar-refractivity contribution in [3.05, 3.63) is 42.0 Å². The molecule has 0 heterocycles. The first kappa shape index (κ1) is 24.8. The zero-order valence-electron chi connectivity index (χ0n) is 19.0. The minimum Gasteiger partial charge on any atom is -0.415 e. The maximum atomic E-state index is 12.9. The lowest BCUT2D eigenvalue weighted by molar-refractivity contribution is -0.129. The first-order valence-corrected chi connectivity index (χ1v) is 12.8. The molecule has 158 valence electrons. The van der Waals surface area contributed by atoms with Gasteiger partial charge in [0.25, 0.3) is 0 Å². The molecule has 0 spiro atoms. The van der Waals surface area contributed by atoms with E-state index in [2.05, 4.69) is 41.5 Å². The van der Waals surface area contributed by atoms with Crippen LogP contribution in [0.25, 0.3) is 6.08 Å². The molecule has 1 aromatic carbocycles. The van der Waals surface area contributed by atoms with Crippen molar-refractivity contribution in [3.8, 4) is 0 Å². The maximum absolute atomic E-state index is 12.9. The standard InChI is InChI=1S/C24H40O3Si/c1-17(2)28(18(3)4,19(5)6)27-16-20(7)24(26)21(8)23(25)15-14-22-12-10-9-11-13-22/h9-15,17-21,23,25H,16H2,1-8H3/b15-14+/t20-,21-,23-/m1/s1. The Kier molecular flexibility index (Phi) is 9.82. The number of carbonyl (C=O) groups excluding carboxylic acids is 1. The monoisotopic (exact) mass is 404 g/mol. The number of carbonyl (C=O) groups is 1. The van der Waals surface area contributed by atoms with E-state index in [4.69, 9.17) is 4.43 Å². The Morgan fingerprint density at radius 2 is 1.46 bits per heavy atom. The van der Waals surface area contributed by atoms with Crippen molar-refractivity contribution in [2.45, 2.75) is 78.1 Å². The fourth-order valence-corrected chi connectivity index (χ4v) is 9.95. The lowest BCUT2D eigenvalue weighted by atomic mass is 9.91. The van der Waals surface area contributed by atoms with Crippen LogP contribution in [-0.4, -0.2) is 31.9 Å². The van der Waals surface area contributed by atoms with E-state index in [0.29, 0.717) is 23.2 Å². The number of rotatable bonds is 11. The van der Waals surface area contributed by atoms with E-state index >= 15 is 0 Å². The molecule has 0 radical (unpaired) electrons. The van der Waals surface area contributed by atoms with Crippen LogP contribution in [0, 0.1) is 11.8 Å². The van der Waals surface area contributed by atoms with Gasteiger partial charge in [-0.1, -0.05) is 97.9 Å². The van der Waals surface area contributed by atoms with Gasteiger partial charge in [-0.15, -0.1) is 0 Å². The molecular formula is C24H40O3Si. The molecular weight excluding hydrogens is 364 g/mol. The van der Waals surface area contributed by atoms with Crippen LogP contribution in [0.15, 0.2) is 36.4 Å². The summed E-state index contributed by atoms with van der Waals surface area (Å²) in [6, 6.07) is 9.80. The number of Topliss-reactive ketones (excluding diaryl/α,β-unsaturated/α-hetero) is 1. The third kappa shape index (κ3) is 6.13. The topological polar surface area (TPSA) is 46.5 Å². The summed E-state index contributed by atoms with van der Waals surface area (Å²) in [6.07, 6.45) is 2.78. The third-order valence-electron chi connectivity index (χ3n) is 6.02. The highest BCUT2D eigenvalue weighted by atomic mass is 28.4. The van der Waals surface area contributed by atoms with Crippen LogP contribution >= 0.6 is 0 Å². The minimum atomic E-state index is -1.99. The van der Waals surface area contributed by atoms with Crippen LogP contribution in [0.4, 0.5) is 0 Å². The summed E-state index contributed by atoms with van der Waals surface area (Å²) in [7, 11) is -1.99. The van der Waals surface area contributed by atoms with Crippen molar-refractivity contribution in [2.75, 3.05) is 6.61 Å². The molecule has 0 aromatic heterocycles. The predicted octanol–water partition coefficient (Wildman–Crippen LogP) is 6.09. The molecule has 1 rings (SSSR count). The quantitative estimate of drug-likeness (QED) is 0.454. The smallest absolute Gasteiger partial charge is 0.200 e. The summed E-state index contributed by atoms with van der Waals surface area (Å²) in [5.41, 5.74) is 2.49. The molecule has 3 atom stereocenters. The van der Waals surface area contributed by atoms with E-state index in [1.807, 2.05) is 43.3 Å². The van der Waals surface area contributed by atoms with E-state index in [-0.39, 0.29) is 11.7 Å². The SMILES string of the molecule is CC(C)[Si](OC[C@@H](C)C(=O)[C@H](C)[C@H](O)/C=C/c1ccccc1)(C(C)C)C(C)C. The highest BCUT2D eigenvalue weighted by molar-refractivity contribution is 6.77. The fraction of sp³-hybridized carbons (Fsp3) is 0.625. The number of hydrogen-bond acceptors (Lipinski definition) is 3. The van der Waals surface area contributed by atoms with Crippen molar-refractivity contribution in [2.24, 2.45) is 11.8 Å². The van der Waals surface area contributed by atoms with Gasteiger partial charge in [-0.25, -0.2) is 0 Å². The van der Waals surface area contributed by atoms with Crippen molar-refractivity contribution in [3.63, 3.8) is 0 Å². The Bertz CT molecular complexity index is 600. The second-order valence-corrected chi connectivity index (χ2v) is 14.4. The average Bonchev–Trinajstić information content (AvgIpc) is 2.65. The highest BCUT2D eigenvalue weighted by Crippen LogP contribution is 2.42. The molecule has 0 saturated carbocycles. The van der Waals surface area contributed by atoms with E-state index in [0.717, 1.165) is 5.56 Å². The van der Waals surface area contributed by atoms with Gasteiger partial charge in [-0.2, -0.15) is 0 Å². The summed E-state index contributed by atoms with van der Waals surface area (Å²) in [5, 5.41) is 10.5. The summed E-state index contributed by atoms with van der Waals surface area (Å²) in [6.45, 7) is 17.7. The van der Waals surface area contributed by atoms with Gasteiger partial charge in [0.1, 0.15) is 5.78 Å². The lowest BCUT2D eigenvalue weighted by Crippen LogP contribution is -2.49. The molecule has 0 fully saturated rings. The van der Waals surface area contributed by atoms with Crippen LogP contribution in [0.2, 0.25) is 16.6 Å². The first-order valence-electron chi connectivity index (χ1n) is 10.6. The summed E-state index contributed by atoms with van der Waals surface area (Å²) in [5.74, 6) is -0.617. The van der Waals surface area contributed by atoms with Gasteiger partial charge in [0, 0.05) is 18.4 Å². The van der Waals surface area contributed by atoms with Crippen molar-refractivity contribution in [1.29, 1.82) is 0 Å². The summed E-state index contributed by atoms with van der Waals surface area (Å²) in [4.78, 5) is 12.9. The molecule has 1 N–H and O–H groups in total. The van der Waals surface area contributed by atoms with E-state index in [9.17, 15) is 9.90 Å². The molecule has 0 bridgehead atoms. The molecule has 28 heavy (non-hydrogen) atoms. The second-order valence-electron chi connectivity index (χ2n) is 8.98. The Morgan fingerprint density at radius 1 is 0.964 bits per heavy atom. The number of hydrogen-bond donors (Lipinski definition) is 1. The van der Waals surface area contributed by atoms with Gasteiger partial charge >= 0.3 is 0 Å². The molecule has 4 heteroatoms. The van der Waals surface area contributed by atoms with Crippen molar-refractivity contribution >= 4 is 20.2 Å². The third-order valence-corrected chi connectivity index (χ3v) is 12.1. The van der Waals surface area contributed by atoms with Crippen LogP contribution in [0.3, 0.4) is 0 Å². The van der Waals surface area contributed by atoms with Gasteiger partial charge in [0.2, 0.25) is 0 Å². The van der Waals surface area contributed by atoms with Crippen LogP contribution in [0.5, 0.6) is 0 Å². The molecule has 0 aliphatic carbocycles. The van der Waals surface area contributed by atoms with Gasteiger partial charge in [-0.3, -0.25) is 4.79 Å². The summed E-state index contributed by atoms with van der Waals surface area (Å²) < 4.78 is 6.57. The molecule has 0 saturated heterocycles. The molecule has 1 aromatic rings. The number of aliphatic hydroxyl groups is 1. The van der Waals surface area contributed by atoms with Gasteiger partial charge in [0.05, 0.1) is 6.10 Å². The van der Waals surface area contributed by atoms with Crippen LogP contribution in [0.1, 0.15) is 61.0 Å².